The molecule has 0 bridgehead atoms. The molecule has 3 nitrogen and oxygen atoms in total. The van der Waals surface area contributed by atoms with Gasteiger partial charge in [-0.1, -0.05) is 30.3 Å². The maximum absolute atomic E-state index is 9.21. The fourth-order valence-electron chi connectivity index (χ4n) is 3.15. The smallest absolute Gasteiger partial charge is 0.0985 e. The predicted octanol–water partition coefficient (Wildman–Crippen LogP) is 3.12. The van der Waals surface area contributed by atoms with Crippen LogP contribution < -0.4 is 0 Å². The Kier molecular flexibility index (Phi) is 3.83. The largest absolute Gasteiger partial charge is 0.374 e. The summed E-state index contributed by atoms with van der Waals surface area (Å²) in [6.07, 6.45) is 5.10. The molecular weight excluding hydrogens is 246 g/mol. The van der Waals surface area contributed by atoms with Crippen LogP contribution in [0.5, 0.6) is 0 Å². The molecule has 20 heavy (non-hydrogen) atoms. The second-order valence-electron chi connectivity index (χ2n) is 5.44. The molecule has 3 heteroatoms. The van der Waals surface area contributed by atoms with E-state index < -0.39 is 0 Å². The highest BCUT2D eigenvalue weighted by Gasteiger charge is 2.24. The number of likely N-dealkylation sites (tertiary alicyclic amines) is 1. The molecule has 3 rings (SSSR count). The Morgan fingerprint density at radius 1 is 1.15 bits per heavy atom. The van der Waals surface area contributed by atoms with Gasteiger partial charge in [0.15, 0.2) is 0 Å². The standard InChI is InChI=1S/C17H19N3/c18-12-16-13-19-9-6-17(16)20-10-7-15(8-11-20)14-4-2-1-3-5-14/h1-5,9,15H,6-8,10-11,13H2. The van der Waals surface area contributed by atoms with Crippen LogP contribution in [0.15, 0.2) is 46.6 Å². The van der Waals surface area contributed by atoms with E-state index in [0.29, 0.717) is 12.5 Å². The highest BCUT2D eigenvalue weighted by Crippen LogP contribution is 2.31. The topological polar surface area (TPSA) is 39.4 Å². The summed E-state index contributed by atoms with van der Waals surface area (Å²) in [6, 6.07) is 13.1. The number of nitriles is 1. The Balaban J connectivity index is 1.67. The molecule has 0 atom stereocenters. The van der Waals surface area contributed by atoms with Gasteiger partial charge in [-0.25, -0.2) is 0 Å². The number of nitrogens with zero attached hydrogens (tertiary/aromatic N) is 3. The molecule has 102 valence electrons. The van der Waals surface area contributed by atoms with Crippen molar-refractivity contribution in [3.05, 3.63) is 47.2 Å². The average Bonchev–Trinajstić information content (AvgIpc) is 2.56. The van der Waals surface area contributed by atoms with Crippen LogP contribution in [0.2, 0.25) is 0 Å². The van der Waals surface area contributed by atoms with E-state index in [1.807, 2.05) is 6.21 Å². The lowest BCUT2D eigenvalue weighted by Gasteiger charge is -2.36. The number of benzene rings is 1. The number of aliphatic imine (C=N–C) groups is 1. The fourth-order valence-corrected chi connectivity index (χ4v) is 3.15. The van der Waals surface area contributed by atoms with Crippen LogP contribution in [0, 0.1) is 11.3 Å². The lowest BCUT2D eigenvalue weighted by atomic mass is 9.89. The van der Waals surface area contributed by atoms with Crippen LogP contribution in [0.1, 0.15) is 30.7 Å². The van der Waals surface area contributed by atoms with Crippen LogP contribution in [0.4, 0.5) is 0 Å². The lowest BCUT2D eigenvalue weighted by Crippen LogP contribution is -2.34. The summed E-state index contributed by atoms with van der Waals surface area (Å²) in [7, 11) is 0. The summed E-state index contributed by atoms with van der Waals surface area (Å²) >= 11 is 0. The monoisotopic (exact) mass is 265 g/mol. The Morgan fingerprint density at radius 3 is 2.60 bits per heavy atom. The lowest BCUT2D eigenvalue weighted by molar-refractivity contribution is 0.258. The maximum Gasteiger partial charge on any atom is 0.0985 e. The molecule has 0 aliphatic carbocycles. The summed E-state index contributed by atoms with van der Waals surface area (Å²) < 4.78 is 0. The van der Waals surface area contributed by atoms with Crippen molar-refractivity contribution >= 4 is 6.21 Å². The van der Waals surface area contributed by atoms with Gasteiger partial charge in [0.25, 0.3) is 0 Å². The van der Waals surface area contributed by atoms with Gasteiger partial charge in [0.1, 0.15) is 0 Å². The zero-order chi connectivity index (χ0) is 13.8. The molecule has 0 aromatic heterocycles. The second-order valence-corrected chi connectivity index (χ2v) is 5.44. The molecule has 0 radical (unpaired) electrons. The first-order valence-corrected chi connectivity index (χ1v) is 7.29. The van der Waals surface area contributed by atoms with Crippen LogP contribution in [-0.2, 0) is 0 Å². The van der Waals surface area contributed by atoms with Crippen LogP contribution in [0.25, 0.3) is 0 Å². The third kappa shape index (κ3) is 2.60. The van der Waals surface area contributed by atoms with Gasteiger partial charge in [-0.15, -0.1) is 0 Å². The molecule has 0 saturated carbocycles. The van der Waals surface area contributed by atoms with Crippen LogP contribution >= 0.6 is 0 Å². The van der Waals surface area contributed by atoms with Gasteiger partial charge in [-0.05, 0) is 24.3 Å². The number of piperidine rings is 1. The molecule has 2 aliphatic heterocycles. The third-order valence-electron chi connectivity index (χ3n) is 4.29. The van der Waals surface area contributed by atoms with Crippen molar-refractivity contribution in [1.29, 1.82) is 5.26 Å². The molecule has 0 amide bonds. The molecule has 1 saturated heterocycles. The van der Waals surface area contributed by atoms with Crippen molar-refractivity contribution in [2.45, 2.75) is 25.2 Å². The van der Waals surface area contributed by atoms with Crippen molar-refractivity contribution in [1.82, 2.24) is 4.90 Å². The zero-order valence-electron chi connectivity index (χ0n) is 11.6. The van der Waals surface area contributed by atoms with E-state index in [9.17, 15) is 5.26 Å². The Labute approximate surface area is 120 Å². The van der Waals surface area contributed by atoms with E-state index in [0.717, 1.165) is 25.1 Å². The van der Waals surface area contributed by atoms with Crippen LogP contribution in [0.3, 0.4) is 0 Å². The van der Waals surface area contributed by atoms with Crippen LogP contribution in [-0.4, -0.2) is 30.7 Å². The van der Waals surface area contributed by atoms with E-state index in [1.54, 1.807) is 0 Å². The molecule has 2 heterocycles. The third-order valence-corrected chi connectivity index (χ3v) is 4.29. The molecule has 0 unspecified atom stereocenters. The minimum Gasteiger partial charge on any atom is -0.374 e. The number of rotatable bonds is 2. The van der Waals surface area contributed by atoms with Gasteiger partial charge >= 0.3 is 0 Å². The number of allylic oxidation sites excluding steroid dienone is 1. The summed E-state index contributed by atoms with van der Waals surface area (Å²) in [5.41, 5.74) is 3.51. The van der Waals surface area contributed by atoms with E-state index in [-0.39, 0.29) is 0 Å². The number of hydrogen-bond donors (Lipinski definition) is 0. The van der Waals surface area contributed by atoms with Gasteiger partial charge in [0.05, 0.1) is 18.2 Å². The summed E-state index contributed by atoms with van der Waals surface area (Å²) in [5.74, 6) is 0.663. The van der Waals surface area contributed by atoms with E-state index >= 15 is 0 Å². The Bertz CT molecular complexity index is 558. The van der Waals surface area contributed by atoms with E-state index in [4.69, 9.17) is 0 Å². The first-order chi connectivity index (χ1) is 9.88. The summed E-state index contributed by atoms with van der Waals surface area (Å²) in [5, 5.41) is 9.21. The predicted molar refractivity (Wildman–Crippen MR) is 80.6 cm³/mol. The normalized spacial score (nSPS) is 20.1. The molecule has 0 spiro atoms. The maximum atomic E-state index is 9.21. The zero-order valence-corrected chi connectivity index (χ0v) is 11.6. The van der Waals surface area contributed by atoms with Gasteiger partial charge in [-0.3, -0.25) is 4.99 Å². The van der Waals surface area contributed by atoms with Gasteiger partial charge in [-0.2, -0.15) is 5.26 Å². The Hall–Kier alpha value is -2.08. The molecule has 1 aromatic carbocycles. The van der Waals surface area contributed by atoms with Crippen molar-refractivity contribution in [3.63, 3.8) is 0 Å². The van der Waals surface area contributed by atoms with Gasteiger partial charge in [0.2, 0.25) is 0 Å². The second kappa shape index (κ2) is 5.92. The fraction of sp³-hybridized carbons (Fsp3) is 0.412. The van der Waals surface area contributed by atoms with E-state index in [2.05, 4.69) is 46.3 Å². The minimum atomic E-state index is 0.560. The molecule has 0 N–H and O–H groups in total. The van der Waals surface area contributed by atoms with Crippen molar-refractivity contribution in [2.75, 3.05) is 19.6 Å². The molecule has 1 aromatic rings. The summed E-state index contributed by atoms with van der Waals surface area (Å²) in [4.78, 5) is 6.60. The quantitative estimate of drug-likeness (QED) is 0.824. The average molecular weight is 265 g/mol. The summed E-state index contributed by atoms with van der Waals surface area (Å²) in [6.45, 7) is 2.66. The van der Waals surface area contributed by atoms with Crippen molar-refractivity contribution < 1.29 is 0 Å². The number of hydrogen-bond acceptors (Lipinski definition) is 3. The van der Waals surface area contributed by atoms with Gasteiger partial charge < -0.3 is 4.90 Å². The minimum absolute atomic E-state index is 0.560. The van der Waals surface area contributed by atoms with Crippen molar-refractivity contribution in [3.8, 4) is 6.07 Å². The molecule has 2 aliphatic rings. The highest BCUT2D eigenvalue weighted by molar-refractivity contribution is 5.64. The van der Waals surface area contributed by atoms with E-state index in [1.165, 1.54) is 24.1 Å². The molecular formula is C17H19N3. The Morgan fingerprint density at radius 2 is 1.90 bits per heavy atom. The van der Waals surface area contributed by atoms with Gasteiger partial charge in [0, 0.05) is 31.4 Å². The first-order valence-electron chi connectivity index (χ1n) is 7.29. The number of dihydropyridines is 1. The SMILES string of the molecule is N#CC1=C(N2CCC(c3ccccc3)CC2)CC=NC1. The first kappa shape index (κ1) is 12.9. The highest BCUT2D eigenvalue weighted by atomic mass is 15.1. The molecule has 1 fully saturated rings. The van der Waals surface area contributed by atoms with Crippen molar-refractivity contribution in [2.24, 2.45) is 4.99 Å².